The summed E-state index contributed by atoms with van der Waals surface area (Å²) in [5, 5.41) is 3.45. The molecule has 0 radical (unpaired) electrons. The Morgan fingerprint density at radius 3 is 3.22 bits per heavy atom. The lowest BCUT2D eigenvalue weighted by molar-refractivity contribution is 0.0247. The normalized spacial score (nSPS) is 20.2. The van der Waals surface area contributed by atoms with E-state index in [0.29, 0.717) is 11.5 Å². The predicted molar refractivity (Wildman–Crippen MR) is 68.8 cm³/mol. The van der Waals surface area contributed by atoms with Gasteiger partial charge in [-0.25, -0.2) is 4.98 Å². The molecule has 0 spiro atoms. The molecule has 2 aromatic rings. The molecule has 96 valence electrons. The van der Waals surface area contributed by atoms with E-state index in [2.05, 4.69) is 25.3 Å². The number of anilines is 1. The first-order chi connectivity index (χ1) is 8.83. The molecule has 0 saturated carbocycles. The van der Waals surface area contributed by atoms with Crippen LogP contribution in [-0.2, 0) is 4.74 Å². The molecule has 0 aliphatic carbocycles. The van der Waals surface area contributed by atoms with Crippen molar-refractivity contribution in [2.45, 2.75) is 25.4 Å². The molecule has 6 nitrogen and oxygen atoms in total. The van der Waals surface area contributed by atoms with Gasteiger partial charge in [-0.15, -0.1) is 0 Å². The number of ether oxygens (including phenoxy) is 1. The number of fused-ring (bicyclic) bond motifs is 1. The molecule has 0 bridgehead atoms. The van der Waals surface area contributed by atoms with Crippen molar-refractivity contribution >= 4 is 28.6 Å². The van der Waals surface area contributed by atoms with E-state index in [4.69, 9.17) is 16.3 Å². The number of nitrogens with one attached hydrogen (secondary N) is 2. The number of halogens is 1. The van der Waals surface area contributed by atoms with Gasteiger partial charge >= 0.3 is 0 Å². The Morgan fingerprint density at radius 2 is 2.39 bits per heavy atom. The zero-order valence-corrected chi connectivity index (χ0v) is 10.6. The van der Waals surface area contributed by atoms with Crippen LogP contribution in [0, 0.1) is 0 Å². The highest BCUT2D eigenvalue weighted by Crippen LogP contribution is 2.19. The van der Waals surface area contributed by atoms with Gasteiger partial charge in [0.1, 0.15) is 5.52 Å². The summed E-state index contributed by atoms with van der Waals surface area (Å²) in [6.45, 7) is 1.57. The van der Waals surface area contributed by atoms with E-state index < -0.39 is 0 Å². The second kappa shape index (κ2) is 5.07. The standard InChI is InChI=1S/C11H14ClN5O/c12-11-16-9(8-10(17-11)15-6-14-8)13-5-7-3-1-2-4-18-7/h6-7H,1-5H2,(H2,13,14,15,16,17). The minimum absolute atomic E-state index is 0.196. The topological polar surface area (TPSA) is 75.7 Å². The maximum absolute atomic E-state index is 5.85. The lowest BCUT2D eigenvalue weighted by Crippen LogP contribution is -2.27. The molecule has 0 aromatic carbocycles. The van der Waals surface area contributed by atoms with Crippen molar-refractivity contribution in [3.63, 3.8) is 0 Å². The zero-order valence-electron chi connectivity index (χ0n) is 9.82. The van der Waals surface area contributed by atoms with Crippen molar-refractivity contribution in [2.24, 2.45) is 0 Å². The Hall–Kier alpha value is -1.40. The van der Waals surface area contributed by atoms with Crippen molar-refractivity contribution in [3.05, 3.63) is 11.6 Å². The molecule has 1 atom stereocenters. The Morgan fingerprint density at radius 1 is 1.44 bits per heavy atom. The van der Waals surface area contributed by atoms with Gasteiger partial charge in [0.2, 0.25) is 5.28 Å². The minimum Gasteiger partial charge on any atom is -0.376 e. The molecule has 3 heterocycles. The van der Waals surface area contributed by atoms with Crippen LogP contribution >= 0.6 is 11.6 Å². The zero-order chi connectivity index (χ0) is 12.4. The van der Waals surface area contributed by atoms with Crippen LogP contribution in [0.2, 0.25) is 5.28 Å². The number of aromatic amines is 1. The molecular weight excluding hydrogens is 254 g/mol. The van der Waals surface area contributed by atoms with Crippen LogP contribution in [0.1, 0.15) is 19.3 Å². The molecule has 1 aliphatic rings. The predicted octanol–water partition coefficient (Wildman–Crippen LogP) is 1.99. The number of hydrogen-bond donors (Lipinski definition) is 2. The highest BCUT2D eigenvalue weighted by Gasteiger charge is 2.15. The van der Waals surface area contributed by atoms with E-state index in [0.717, 1.165) is 31.5 Å². The number of imidazole rings is 1. The highest BCUT2D eigenvalue weighted by atomic mass is 35.5. The first-order valence-electron chi connectivity index (χ1n) is 6.05. The molecule has 2 aromatic heterocycles. The summed E-state index contributed by atoms with van der Waals surface area (Å²) in [7, 11) is 0. The smallest absolute Gasteiger partial charge is 0.226 e. The first kappa shape index (κ1) is 11.7. The number of aromatic nitrogens is 4. The van der Waals surface area contributed by atoms with Gasteiger partial charge in [0.05, 0.1) is 12.4 Å². The van der Waals surface area contributed by atoms with Crippen LogP contribution in [-0.4, -0.2) is 39.2 Å². The fourth-order valence-corrected chi connectivity index (χ4v) is 2.28. The molecule has 1 unspecified atom stereocenters. The van der Waals surface area contributed by atoms with Crippen molar-refractivity contribution in [2.75, 3.05) is 18.5 Å². The molecular formula is C11H14ClN5O. The fourth-order valence-electron chi connectivity index (χ4n) is 2.11. The maximum atomic E-state index is 5.85. The number of H-pyrrole nitrogens is 1. The maximum Gasteiger partial charge on any atom is 0.226 e. The first-order valence-corrected chi connectivity index (χ1v) is 6.43. The number of rotatable bonds is 3. The SMILES string of the molecule is Clc1nc(NCC2CCCCO2)c2[nH]cnc2n1. The summed E-state index contributed by atoms with van der Waals surface area (Å²) >= 11 is 5.85. The Labute approximate surface area is 109 Å². The summed E-state index contributed by atoms with van der Waals surface area (Å²) in [6, 6.07) is 0. The van der Waals surface area contributed by atoms with Gasteiger partial charge in [-0.3, -0.25) is 0 Å². The molecule has 1 aliphatic heterocycles. The molecule has 1 saturated heterocycles. The van der Waals surface area contributed by atoms with E-state index in [1.165, 1.54) is 6.42 Å². The fraction of sp³-hybridized carbons (Fsp3) is 0.545. The van der Waals surface area contributed by atoms with Crippen molar-refractivity contribution in [3.8, 4) is 0 Å². The molecule has 2 N–H and O–H groups in total. The summed E-state index contributed by atoms with van der Waals surface area (Å²) in [5.41, 5.74) is 1.34. The third kappa shape index (κ3) is 2.39. The Kier molecular flexibility index (Phi) is 3.29. The largest absolute Gasteiger partial charge is 0.376 e. The van der Waals surface area contributed by atoms with E-state index in [9.17, 15) is 0 Å². The quantitative estimate of drug-likeness (QED) is 0.832. The summed E-state index contributed by atoms with van der Waals surface area (Å²) in [5.74, 6) is 0.677. The van der Waals surface area contributed by atoms with Gasteiger partial charge in [0.25, 0.3) is 0 Å². The minimum atomic E-state index is 0.196. The second-order valence-corrected chi connectivity index (χ2v) is 4.65. The van der Waals surface area contributed by atoms with Crippen LogP contribution < -0.4 is 5.32 Å². The van der Waals surface area contributed by atoms with Gasteiger partial charge < -0.3 is 15.0 Å². The Balaban J connectivity index is 1.75. The van der Waals surface area contributed by atoms with Gasteiger partial charge in [-0.05, 0) is 30.9 Å². The Bertz CT molecular complexity index is 537. The van der Waals surface area contributed by atoms with E-state index in [1.54, 1.807) is 6.33 Å². The molecule has 1 fully saturated rings. The van der Waals surface area contributed by atoms with E-state index >= 15 is 0 Å². The van der Waals surface area contributed by atoms with E-state index in [-0.39, 0.29) is 11.4 Å². The summed E-state index contributed by atoms with van der Waals surface area (Å²) in [6.07, 6.45) is 5.28. The molecule has 18 heavy (non-hydrogen) atoms. The van der Waals surface area contributed by atoms with E-state index in [1.807, 2.05) is 0 Å². The van der Waals surface area contributed by atoms with Crippen molar-refractivity contribution in [1.29, 1.82) is 0 Å². The molecule has 7 heteroatoms. The average Bonchev–Trinajstić information content (AvgIpc) is 2.85. The molecule has 3 rings (SSSR count). The lowest BCUT2D eigenvalue weighted by atomic mass is 10.1. The van der Waals surface area contributed by atoms with Gasteiger partial charge in [0.15, 0.2) is 11.5 Å². The van der Waals surface area contributed by atoms with Gasteiger partial charge in [0, 0.05) is 13.2 Å². The van der Waals surface area contributed by atoms with Crippen LogP contribution in [0.3, 0.4) is 0 Å². The average molecular weight is 268 g/mol. The number of nitrogens with zero attached hydrogens (tertiary/aromatic N) is 3. The lowest BCUT2D eigenvalue weighted by Gasteiger charge is -2.22. The monoisotopic (exact) mass is 267 g/mol. The van der Waals surface area contributed by atoms with Gasteiger partial charge in [-0.1, -0.05) is 0 Å². The van der Waals surface area contributed by atoms with Crippen LogP contribution in [0.15, 0.2) is 6.33 Å². The van der Waals surface area contributed by atoms with Crippen molar-refractivity contribution < 1.29 is 4.74 Å². The third-order valence-electron chi connectivity index (χ3n) is 3.03. The summed E-state index contributed by atoms with van der Waals surface area (Å²) < 4.78 is 5.66. The van der Waals surface area contributed by atoms with Crippen LogP contribution in [0.4, 0.5) is 5.82 Å². The number of hydrogen-bond acceptors (Lipinski definition) is 5. The highest BCUT2D eigenvalue weighted by molar-refractivity contribution is 6.28. The third-order valence-corrected chi connectivity index (χ3v) is 3.20. The molecule has 0 amide bonds. The second-order valence-electron chi connectivity index (χ2n) is 4.31. The van der Waals surface area contributed by atoms with Crippen LogP contribution in [0.25, 0.3) is 11.2 Å². The van der Waals surface area contributed by atoms with Crippen molar-refractivity contribution in [1.82, 2.24) is 19.9 Å². The van der Waals surface area contributed by atoms with Crippen LogP contribution in [0.5, 0.6) is 0 Å². The van der Waals surface area contributed by atoms with Gasteiger partial charge in [-0.2, -0.15) is 9.97 Å². The summed E-state index contributed by atoms with van der Waals surface area (Å²) in [4.78, 5) is 15.3.